The minimum atomic E-state index is -1.08. The van der Waals surface area contributed by atoms with Crippen molar-refractivity contribution < 1.29 is 14.7 Å². The number of rotatable bonds is 8. The highest BCUT2D eigenvalue weighted by Gasteiger charge is 2.11. The zero-order valence-corrected chi connectivity index (χ0v) is 15.4. The van der Waals surface area contributed by atoms with Crippen molar-refractivity contribution >= 4 is 23.1 Å². The molecule has 0 unspecified atom stereocenters. The summed E-state index contributed by atoms with van der Waals surface area (Å²) in [4.78, 5) is 23.3. The Morgan fingerprint density at radius 2 is 1.63 bits per heavy atom. The molecular formula is C23H23NO3. The molecule has 0 aliphatic carbocycles. The van der Waals surface area contributed by atoms with E-state index in [2.05, 4.69) is 18.5 Å². The first-order chi connectivity index (χ1) is 12.9. The molecule has 138 valence electrons. The SMILES string of the molecule is C=C(/C=C(/C)C(=C)c1ccccc1)CCC(=O)Nc1ccccc1C(=O)O. The Balaban J connectivity index is 1.92. The summed E-state index contributed by atoms with van der Waals surface area (Å²) in [6.07, 6.45) is 2.61. The molecule has 4 nitrogen and oxygen atoms in total. The molecule has 0 aliphatic heterocycles. The molecule has 0 aliphatic rings. The first-order valence-electron chi connectivity index (χ1n) is 8.61. The summed E-state index contributed by atoms with van der Waals surface area (Å²) < 4.78 is 0. The van der Waals surface area contributed by atoms with E-state index >= 15 is 0 Å². The fraction of sp³-hybridized carbons (Fsp3) is 0.130. The van der Waals surface area contributed by atoms with Crippen LogP contribution < -0.4 is 5.32 Å². The van der Waals surface area contributed by atoms with Crippen LogP contribution >= 0.6 is 0 Å². The topological polar surface area (TPSA) is 66.4 Å². The fourth-order valence-electron chi connectivity index (χ4n) is 2.60. The van der Waals surface area contributed by atoms with Crippen LogP contribution in [0.1, 0.15) is 35.7 Å². The summed E-state index contributed by atoms with van der Waals surface area (Å²) >= 11 is 0. The van der Waals surface area contributed by atoms with Crippen LogP contribution in [0.4, 0.5) is 5.69 Å². The highest BCUT2D eigenvalue weighted by atomic mass is 16.4. The van der Waals surface area contributed by atoms with E-state index in [1.807, 2.05) is 43.3 Å². The third-order valence-electron chi connectivity index (χ3n) is 4.12. The van der Waals surface area contributed by atoms with E-state index in [0.29, 0.717) is 12.1 Å². The monoisotopic (exact) mass is 361 g/mol. The van der Waals surface area contributed by atoms with Gasteiger partial charge in [-0.1, -0.05) is 67.3 Å². The predicted octanol–water partition coefficient (Wildman–Crippen LogP) is 5.32. The van der Waals surface area contributed by atoms with Gasteiger partial charge in [-0.2, -0.15) is 0 Å². The summed E-state index contributed by atoms with van der Waals surface area (Å²) in [6.45, 7) is 10.1. The summed E-state index contributed by atoms with van der Waals surface area (Å²) in [5, 5.41) is 11.8. The molecule has 4 heteroatoms. The normalized spacial score (nSPS) is 10.9. The average Bonchev–Trinajstić information content (AvgIpc) is 2.66. The van der Waals surface area contributed by atoms with Crippen LogP contribution in [0.5, 0.6) is 0 Å². The van der Waals surface area contributed by atoms with Crippen LogP contribution in [0.25, 0.3) is 5.57 Å². The van der Waals surface area contributed by atoms with Gasteiger partial charge in [0.1, 0.15) is 0 Å². The molecule has 2 rings (SSSR count). The molecule has 2 N–H and O–H groups in total. The number of amides is 1. The zero-order chi connectivity index (χ0) is 19.8. The Bertz CT molecular complexity index is 895. The van der Waals surface area contributed by atoms with E-state index in [9.17, 15) is 9.59 Å². The summed E-state index contributed by atoms with van der Waals surface area (Å²) in [7, 11) is 0. The van der Waals surface area contributed by atoms with Gasteiger partial charge in [0.15, 0.2) is 0 Å². The quantitative estimate of drug-likeness (QED) is 0.625. The number of hydrogen-bond acceptors (Lipinski definition) is 2. The number of aromatic carboxylic acids is 1. The molecule has 0 atom stereocenters. The minimum Gasteiger partial charge on any atom is -0.478 e. The van der Waals surface area contributed by atoms with Crippen molar-refractivity contribution in [2.45, 2.75) is 19.8 Å². The van der Waals surface area contributed by atoms with E-state index in [1.54, 1.807) is 18.2 Å². The van der Waals surface area contributed by atoms with Gasteiger partial charge in [-0.3, -0.25) is 4.79 Å². The maximum Gasteiger partial charge on any atom is 0.337 e. The van der Waals surface area contributed by atoms with Gasteiger partial charge in [0.25, 0.3) is 0 Å². The second-order valence-corrected chi connectivity index (χ2v) is 6.23. The number of nitrogens with one attached hydrogen (secondary N) is 1. The summed E-state index contributed by atoms with van der Waals surface area (Å²) in [5.41, 5.74) is 4.12. The molecule has 0 spiro atoms. The maximum absolute atomic E-state index is 12.1. The van der Waals surface area contributed by atoms with Crippen molar-refractivity contribution in [2.24, 2.45) is 0 Å². The highest BCUT2D eigenvalue weighted by Crippen LogP contribution is 2.22. The second kappa shape index (κ2) is 9.34. The predicted molar refractivity (Wildman–Crippen MR) is 110 cm³/mol. The molecule has 1 amide bonds. The standard InChI is InChI=1S/C23H23NO3/c1-16(15-17(2)18(3)19-9-5-4-6-10-19)13-14-22(25)24-21-12-8-7-11-20(21)23(26)27/h4-12,15H,1,3,13-14H2,2H3,(H,24,25)(H,26,27)/b17-15-. The zero-order valence-electron chi connectivity index (χ0n) is 15.4. The van der Waals surface area contributed by atoms with Gasteiger partial charge in [0.05, 0.1) is 11.3 Å². The summed E-state index contributed by atoms with van der Waals surface area (Å²) in [5.74, 6) is -1.33. The Morgan fingerprint density at radius 3 is 2.30 bits per heavy atom. The maximum atomic E-state index is 12.1. The minimum absolute atomic E-state index is 0.0691. The van der Waals surface area contributed by atoms with Crippen molar-refractivity contribution in [2.75, 3.05) is 5.32 Å². The van der Waals surface area contributed by atoms with E-state index < -0.39 is 5.97 Å². The van der Waals surface area contributed by atoms with E-state index in [0.717, 1.165) is 22.3 Å². The number of carbonyl (C=O) groups excluding carboxylic acids is 1. The number of hydrogen-bond donors (Lipinski definition) is 2. The third kappa shape index (κ3) is 5.82. The third-order valence-corrected chi connectivity index (χ3v) is 4.12. The fourth-order valence-corrected chi connectivity index (χ4v) is 2.60. The molecule has 0 heterocycles. The molecular weight excluding hydrogens is 338 g/mol. The molecule has 27 heavy (non-hydrogen) atoms. The van der Waals surface area contributed by atoms with Crippen molar-refractivity contribution in [1.82, 2.24) is 0 Å². The highest BCUT2D eigenvalue weighted by molar-refractivity contribution is 6.00. The first kappa shape index (κ1) is 19.9. The molecule has 2 aromatic rings. The van der Waals surface area contributed by atoms with Gasteiger partial charge in [-0.05, 0) is 42.2 Å². The molecule has 0 bridgehead atoms. The van der Waals surface area contributed by atoms with Crippen LogP contribution in [-0.4, -0.2) is 17.0 Å². The van der Waals surface area contributed by atoms with Gasteiger partial charge in [0.2, 0.25) is 5.91 Å². The number of carboxylic acids is 1. The van der Waals surface area contributed by atoms with Gasteiger partial charge in [-0.15, -0.1) is 0 Å². The lowest BCUT2D eigenvalue weighted by Crippen LogP contribution is -2.14. The molecule has 0 radical (unpaired) electrons. The second-order valence-electron chi connectivity index (χ2n) is 6.23. The average molecular weight is 361 g/mol. The smallest absolute Gasteiger partial charge is 0.337 e. The molecule has 0 fully saturated rings. The van der Waals surface area contributed by atoms with Crippen LogP contribution in [0, 0.1) is 0 Å². The largest absolute Gasteiger partial charge is 0.478 e. The van der Waals surface area contributed by atoms with Crippen LogP contribution in [0.15, 0.2) is 85.0 Å². The Kier molecular flexibility index (Phi) is 6.89. The Labute approximate surface area is 159 Å². The number of carboxylic acid groups (broad SMARTS) is 1. The Morgan fingerprint density at radius 1 is 1.00 bits per heavy atom. The number of allylic oxidation sites excluding steroid dienone is 4. The number of carbonyl (C=O) groups is 2. The molecule has 0 saturated carbocycles. The molecule has 0 saturated heterocycles. The Hall–Kier alpha value is -3.40. The summed E-state index contributed by atoms with van der Waals surface area (Å²) in [6, 6.07) is 16.2. The van der Waals surface area contributed by atoms with Crippen molar-refractivity contribution in [3.8, 4) is 0 Å². The lowest BCUT2D eigenvalue weighted by atomic mass is 9.98. The van der Waals surface area contributed by atoms with Crippen LogP contribution in [-0.2, 0) is 4.79 Å². The van der Waals surface area contributed by atoms with Gasteiger partial charge in [0, 0.05) is 6.42 Å². The van der Waals surface area contributed by atoms with Crippen molar-refractivity contribution in [1.29, 1.82) is 0 Å². The number of para-hydroxylation sites is 1. The number of benzene rings is 2. The van der Waals surface area contributed by atoms with Gasteiger partial charge < -0.3 is 10.4 Å². The van der Waals surface area contributed by atoms with Crippen molar-refractivity contribution in [3.63, 3.8) is 0 Å². The number of anilines is 1. The van der Waals surface area contributed by atoms with E-state index in [4.69, 9.17) is 5.11 Å². The van der Waals surface area contributed by atoms with Crippen LogP contribution in [0.2, 0.25) is 0 Å². The van der Waals surface area contributed by atoms with Crippen LogP contribution in [0.3, 0.4) is 0 Å². The first-order valence-corrected chi connectivity index (χ1v) is 8.61. The lowest BCUT2D eigenvalue weighted by Gasteiger charge is -2.09. The van der Waals surface area contributed by atoms with Gasteiger partial charge in [-0.25, -0.2) is 4.79 Å². The van der Waals surface area contributed by atoms with Gasteiger partial charge >= 0.3 is 5.97 Å². The lowest BCUT2D eigenvalue weighted by molar-refractivity contribution is -0.116. The van der Waals surface area contributed by atoms with E-state index in [-0.39, 0.29) is 17.9 Å². The molecule has 2 aromatic carbocycles. The van der Waals surface area contributed by atoms with E-state index in [1.165, 1.54) is 6.07 Å². The van der Waals surface area contributed by atoms with Crippen molar-refractivity contribution in [3.05, 3.63) is 96.1 Å². The molecule has 0 aromatic heterocycles.